The molecule has 1 aromatic rings. The van der Waals surface area contributed by atoms with Crippen LogP contribution < -0.4 is 0 Å². The predicted molar refractivity (Wildman–Crippen MR) is 36.8 cm³/mol. The molecule has 0 saturated heterocycles. The summed E-state index contributed by atoms with van der Waals surface area (Å²) in [6.07, 6.45) is 2.33. The number of aromatic nitrogens is 2. The van der Waals surface area contributed by atoms with Crippen molar-refractivity contribution in [3.63, 3.8) is 0 Å². The molecule has 5 heteroatoms. The van der Waals surface area contributed by atoms with Crippen molar-refractivity contribution in [2.75, 3.05) is 0 Å². The first-order valence-corrected chi connectivity index (χ1v) is 2.95. The maximum Gasteiger partial charge on any atom is 0.122 e. The second-order valence-electron chi connectivity index (χ2n) is 1.76. The predicted octanol–water partition coefficient (Wildman–Crippen LogP) is 1.91. The SMILES string of the molecule is CCc1ncc(N=[N+]=[N-])[nH]1. The maximum absolute atomic E-state index is 8.01. The van der Waals surface area contributed by atoms with Crippen LogP contribution in [-0.4, -0.2) is 9.97 Å². The van der Waals surface area contributed by atoms with E-state index in [1.54, 1.807) is 0 Å². The number of hydrogen-bond donors (Lipinski definition) is 1. The van der Waals surface area contributed by atoms with Crippen molar-refractivity contribution in [3.05, 3.63) is 22.5 Å². The molecule has 0 spiro atoms. The number of aryl methyl sites for hydroxylation is 1. The van der Waals surface area contributed by atoms with Crippen LogP contribution in [0.5, 0.6) is 0 Å². The minimum absolute atomic E-state index is 0.472. The Morgan fingerprint density at radius 3 is 3.20 bits per heavy atom. The van der Waals surface area contributed by atoms with Gasteiger partial charge >= 0.3 is 0 Å². The summed E-state index contributed by atoms with van der Waals surface area (Å²) in [5.41, 5.74) is 8.01. The minimum atomic E-state index is 0.472. The number of H-pyrrole nitrogens is 1. The van der Waals surface area contributed by atoms with Gasteiger partial charge in [-0.25, -0.2) is 4.98 Å². The van der Waals surface area contributed by atoms with E-state index < -0.39 is 0 Å². The molecule has 0 radical (unpaired) electrons. The molecule has 1 heterocycles. The van der Waals surface area contributed by atoms with Crippen molar-refractivity contribution in [1.29, 1.82) is 0 Å². The van der Waals surface area contributed by atoms with Gasteiger partial charge in [0.25, 0.3) is 0 Å². The molecule has 0 atom stereocenters. The molecule has 0 amide bonds. The van der Waals surface area contributed by atoms with Gasteiger partial charge in [-0.05, 0) is 10.6 Å². The Bertz CT molecular complexity index is 257. The third kappa shape index (κ3) is 1.27. The van der Waals surface area contributed by atoms with Crippen LogP contribution >= 0.6 is 0 Å². The van der Waals surface area contributed by atoms with Crippen molar-refractivity contribution in [2.45, 2.75) is 13.3 Å². The Labute approximate surface area is 57.7 Å². The second kappa shape index (κ2) is 2.89. The number of azide groups is 1. The average molecular weight is 137 g/mol. The fourth-order valence-corrected chi connectivity index (χ4v) is 0.630. The summed E-state index contributed by atoms with van der Waals surface area (Å²) in [6.45, 7) is 1.97. The number of nitrogens with one attached hydrogen (secondary N) is 1. The lowest BCUT2D eigenvalue weighted by molar-refractivity contribution is 0.988. The molecule has 0 bridgehead atoms. The highest BCUT2D eigenvalue weighted by Crippen LogP contribution is 2.06. The molecule has 0 aliphatic carbocycles. The third-order valence-electron chi connectivity index (χ3n) is 1.10. The number of imidazole rings is 1. The third-order valence-corrected chi connectivity index (χ3v) is 1.10. The van der Waals surface area contributed by atoms with E-state index in [2.05, 4.69) is 20.0 Å². The molecule has 0 aliphatic heterocycles. The number of aromatic amines is 1. The van der Waals surface area contributed by atoms with E-state index in [4.69, 9.17) is 5.53 Å². The van der Waals surface area contributed by atoms with Gasteiger partial charge in [-0.1, -0.05) is 6.92 Å². The van der Waals surface area contributed by atoms with Crippen LogP contribution in [0, 0.1) is 0 Å². The summed E-state index contributed by atoms with van der Waals surface area (Å²) in [4.78, 5) is 9.37. The molecular formula is C5H7N5. The van der Waals surface area contributed by atoms with Crippen LogP contribution in [-0.2, 0) is 6.42 Å². The lowest BCUT2D eigenvalue weighted by Crippen LogP contribution is -1.79. The van der Waals surface area contributed by atoms with Crippen molar-refractivity contribution >= 4 is 5.82 Å². The van der Waals surface area contributed by atoms with Crippen LogP contribution in [0.1, 0.15) is 12.7 Å². The Morgan fingerprint density at radius 2 is 2.70 bits per heavy atom. The van der Waals surface area contributed by atoms with E-state index in [1.165, 1.54) is 6.20 Å². The van der Waals surface area contributed by atoms with Gasteiger partial charge in [-0.3, -0.25) is 0 Å². The topological polar surface area (TPSA) is 77.4 Å². The summed E-state index contributed by atoms with van der Waals surface area (Å²) < 4.78 is 0. The molecule has 0 fully saturated rings. The lowest BCUT2D eigenvalue weighted by Gasteiger charge is -1.82. The Balaban J connectivity index is 2.87. The van der Waals surface area contributed by atoms with Gasteiger partial charge in [0.1, 0.15) is 11.6 Å². The van der Waals surface area contributed by atoms with Gasteiger partial charge in [-0.2, -0.15) is 0 Å². The second-order valence-corrected chi connectivity index (χ2v) is 1.76. The number of rotatable bonds is 2. The molecule has 5 nitrogen and oxygen atoms in total. The van der Waals surface area contributed by atoms with E-state index in [9.17, 15) is 0 Å². The van der Waals surface area contributed by atoms with E-state index in [0.29, 0.717) is 5.82 Å². The number of hydrogen-bond acceptors (Lipinski definition) is 2. The van der Waals surface area contributed by atoms with Crippen molar-refractivity contribution < 1.29 is 0 Å². The summed E-state index contributed by atoms with van der Waals surface area (Å²) in [5, 5.41) is 3.34. The first-order chi connectivity index (χ1) is 4.86. The van der Waals surface area contributed by atoms with Gasteiger partial charge in [0.05, 0.1) is 6.20 Å². The summed E-state index contributed by atoms with van der Waals surface area (Å²) in [7, 11) is 0. The zero-order valence-corrected chi connectivity index (χ0v) is 5.57. The van der Waals surface area contributed by atoms with Crippen LogP contribution in [0.15, 0.2) is 11.3 Å². The van der Waals surface area contributed by atoms with E-state index in [0.717, 1.165) is 12.2 Å². The molecule has 0 unspecified atom stereocenters. The molecule has 1 N–H and O–H groups in total. The first-order valence-electron chi connectivity index (χ1n) is 2.95. The standard InChI is InChI=1S/C5H7N5/c1-2-4-7-3-5(8-4)9-10-6/h3H,2H2,1H3,(H,7,8). The van der Waals surface area contributed by atoms with Crippen LogP contribution in [0.2, 0.25) is 0 Å². The normalized spacial score (nSPS) is 8.90. The zero-order chi connectivity index (χ0) is 7.40. The molecular weight excluding hydrogens is 130 g/mol. The lowest BCUT2D eigenvalue weighted by atomic mass is 10.5. The maximum atomic E-state index is 8.01. The van der Waals surface area contributed by atoms with Gasteiger partial charge < -0.3 is 4.98 Å². The quantitative estimate of drug-likeness (QED) is 0.377. The van der Waals surface area contributed by atoms with Crippen LogP contribution in [0.4, 0.5) is 5.82 Å². The minimum Gasteiger partial charge on any atom is -0.341 e. The van der Waals surface area contributed by atoms with E-state index in [-0.39, 0.29) is 0 Å². The summed E-state index contributed by atoms with van der Waals surface area (Å²) in [5.74, 6) is 1.31. The molecule has 1 rings (SSSR count). The average Bonchev–Trinajstić information content (AvgIpc) is 2.37. The van der Waals surface area contributed by atoms with E-state index >= 15 is 0 Å². The van der Waals surface area contributed by atoms with Gasteiger partial charge in [-0.15, -0.1) is 0 Å². The van der Waals surface area contributed by atoms with Gasteiger partial charge in [0.2, 0.25) is 0 Å². The number of nitrogens with zero attached hydrogens (tertiary/aromatic N) is 4. The van der Waals surface area contributed by atoms with E-state index in [1.807, 2.05) is 6.92 Å². The molecule has 10 heavy (non-hydrogen) atoms. The van der Waals surface area contributed by atoms with Crippen LogP contribution in [0.3, 0.4) is 0 Å². The summed E-state index contributed by atoms with van der Waals surface area (Å²) >= 11 is 0. The highest BCUT2D eigenvalue weighted by molar-refractivity contribution is 5.23. The van der Waals surface area contributed by atoms with Crippen LogP contribution in [0.25, 0.3) is 10.4 Å². The van der Waals surface area contributed by atoms with Gasteiger partial charge in [0.15, 0.2) is 0 Å². The summed E-state index contributed by atoms with van der Waals surface area (Å²) in [6, 6.07) is 0. The van der Waals surface area contributed by atoms with Crippen molar-refractivity contribution in [1.82, 2.24) is 9.97 Å². The zero-order valence-electron chi connectivity index (χ0n) is 5.57. The monoisotopic (exact) mass is 137 g/mol. The first kappa shape index (κ1) is 6.64. The Morgan fingerprint density at radius 1 is 1.90 bits per heavy atom. The van der Waals surface area contributed by atoms with Crippen molar-refractivity contribution in [3.8, 4) is 0 Å². The Kier molecular flexibility index (Phi) is 1.92. The molecule has 1 aromatic heterocycles. The smallest absolute Gasteiger partial charge is 0.122 e. The molecule has 0 aromatic carbocycles. The molecule has 0 saturated carbocycles. The molecule has 0 aliphatic rings. The van der Waals surface area contributed by atoms with Crippen molar-refractivity contribution in [2.24, 2.45) is 5.11 Å². The highest BCUT2D eigenvalue weighted by Gasteiger charge is 1.93. The highest BCUT2D eigenvalue weighted by atomic mass is 15.2. The fraction of sp³-hybridized carbons (Fsp3) is 0.400. The largest absolute Gasteiger partial charge is 0.341 e. The van der Waals surface area contributed by atoms with Gasteiger partial charge in [0, 0.05) is 11.3 Å². The fourth-order valence-electron chi connectivity index (χ4n) is 0.630. The Hall–Kier alpha value is -1.48. The molecule has 52 valence electrons.